The molecule has 188 valence electrons. The maximum atomic E-state index is 2.46. The van der Waals surface area contributed by atoms with E-state index in [2.05, 4.69) is 136 Å². The first-order valence-electron chi connectivity index (χ1n) is 12.7. The summed E-state index contributed by atoms with van der Waals surface area (Å²) in [6.45, 7) is 4.61. The molecule has 0 aliphatic heterocycles. The van der Waals surface area contributed by atoms with Crippen molar-refractivity contribution in [3.05, 3.63) is 122 Å². The molecule has 4 heteroatoms. The molecule has 0 bridgehead atoms. The molecular formula is C32H36Cl2SiZr-2. The van der Waals surface area contributed by atoms with E-state index in [9.17, 15) is 0 Å². The number of hydrogen-bond donors (Lipinski definition) is 0. The number of halogens is 2. The Morgan fingerprint density at radius 3 is 1.33 bits per heavy atom. The third kappa shape index (κ3) is 9.13. The van der Waals surface area contributed by atoms with E-state index in [1.165, 1.54) is 23.2 Å². The van der Waals surface area contributed by atoms with Crippen LogP contribution in [-0.4, -0.2) is 5.43 Å². The van der Waals surface area contributed by atoms with Gasteiger partial charge in [0.25, 0.3) is 0 Å². The number of fused-ring (bicyclic) bond motifs is 2. The minimum atomic E-state index is -0.455. The normalized spacial score (nSPS) is 28.2. The van der Waals surface area contributed by atoms with Crippen molar-refractivity contribution in [2.24, 2.45) is 35.5 Å². The van der Waals surface area contributed by atoms with Gasteiger partial charge in [-0.05, 0) is 11.8 Å². The van der Waals surface area contributed by atoms with Crippen LogP contribution in [0.15, 0.2) is 109 Å². The summed E-state index contributed by atoms with van der Waals surface area (Å²) in [5.41, 5.74) is -0.455. The molecule has 0 heterocycles. The molecule has 6 rings (SSSR count). The van der Waals surface area contributed by atoms with Crippen molar-refractivity contribution in [3.63, 3.8) is 0 Å². The van der Waals surface area contributed by atoms with Crippen LogP contribution in [0.3, 0.4) is 0 Å². The van der Waals surface area contributed by atoms with Gasteiger partial charge in [0.05, 0.1) is 0 Å². The summed E-state index contributed by atoms with van der Waals surface area (Å²) in [7, 11) is 0. The Morgan fingerprint density at radius 2 is 0.972 bits per heavy atom. The Bertz CT molecular complexity index is 921. The fraction of sp³-hybridized carbons (Fsp3) is 0.312. The van der Waals surface area contributed by atoms with E-state index in [-0.39, 0.29) is 24.8 Å². The molecule has 6 atom stereocenters. The van der Waals surface area contributed by atoms with Crippen molar-refractivity contribution in [1.29, 1.82) is 0 Å². The SMILES string of the molecule is CC1[CH-]C2C=CC=CC2C1.CC1[CH-]C2C=CC=CC2C1.[Cl-].[Cl-].[Zr+2]=[Si](c1ccccc1)c1ccccc1. The van der Waals surface area contributed by atoms with E-state index in [4.69, 9.17) is 0 Å². The molecule has 0 amide bonds. The van der Waals surface area contributed by atoms with Crippen LogP contribution in [0, 0.1) is 48.3 Å². The van der Waals surface area contributed by atoms with Crippen LogP contribution in [0.2, 0.25) is 0 Å². The predicted molar refractivity (Wildman–Crippen MR) is 145 cm³/mol. The maximum absolute atomic E-state index is 2.46. The Kier molecular flexibility index (Phi) is 14.0. The molecule has 0 aromatic heterocycles. The van der Waals surface area contributed by atoms with E-state index in [1.807, 2.05) is 0 Å². The second-order valence-corrected chi connectivity index (χ2v) is 15.5. The average Bonchev–Trinajstić information content (AvgIpc) is 3.46. The Balaban J connectivity index is 0.000000188. The summed E-state index contributed by atoms with van der Waals surface area (Å²) >= 11 is 1.64. The van der Waals surface area contributed by atoms with Gasteiger partial charge in [-0.2, -0.15) is 11.8 Å². The molecule has 2 aromatic carbocycles. The summed E-state index contributed by atoms with van der Waals surface area (Å²) < 4.78 is 0. The molecule has 2 saturated carbocycles. The van der Waals surface area contributed by atoms with Crippen LogP contribution < -0.4 is 35.2 Å². The van der Waals surface area contributed by atoms with Crippen molar-refractivity contribution < 1.29 is 48.1 Å². The van der Waals surface area contributed by atoms with Gasteiger partial charge in [-0.1, -0.05) is 63.1 Å². The standard InChI is InChI=1S/C12H10Si.2C10H13.2ClH.Zr/c1-3-7-11(8-4-1)13-12-9-5-2-6-10-12;2*1-8-6-9-4-2-3-5-10(9)7-8;;;/h1-10H;2*2-6,8-10H,7H2,1H3;2*1H;/q;2*-1;;;+2/p-2. The Morgan fingerprint density at radius 1 is 0.611 bits per heavy atom. The molecule has 0 spiro atoms. The summed E-state index contributed by atoms with van der Waals surface area (Å²) in [5.74, 6) is 4.78. The zero-order valence-electron chi connectivity index (χ0n) is 21.2. The second kappa shape index (κ2) is 16.1. The molecule has 0 saturated heterocycles. The summed E-state index contributed by atoms with van der Waals surface area (Å²) in [5, 5.41) is 3.03. The first kappa shape index (κ1) is 31.3. The van der Waals surface area contributed by atoms with Crippen molar-refractivity contribution >= 4 is 15.8 Å². The quantitative estimate of drug-likeness (QED) is 0.344. The number of rotatable bonds is 2. The fourth-order valence-corrected chi connectivity index (χ4v) is 9.22. The molecular weight excluding hydrogens is 575 g/mol. The van der Waals surface area contributed by atoms with E-state index < -0.39 is 5.43 Å². The molecule has 0 nitrogen and oxygen atoms in total. The predicted octanol–water partition coefficient (Wildman–Crippen LogP) is 0.525. The fourth-order valence-electron chi connectivity index (χ4n) is 5.38. The Hall–Kier alpha value is -0.920. The molecule has 2 fully saturated rings. The molecule has 36 heavy (non-hydrogen) atoms. The topological polar surface area (TPSA) is 0 Å². The van der Waals surface area contributed by atoms with E-state index in [1.54, 1.807) is 23.3 Å². The monoisotopic (exact) mass is 608 g/mol. The third-order valence-electron chi connectivity index (χ3n) is 7.11. The average molecular weight is 611 g/mol. The van der Waals surface area contributed by atoms with Crippen LogP contribution in [0.4, 0.5) is 0 Å². The second-order valence-electron chi connectivity index (χ2n) is 9.94. The van der Waals surface area contributed by atoms with Crippen molar-refractivity contribution in [1.82, 2.24) is 0 Å². The number of benzene rings is 2. The van der Waals surface area contributed by atoms with Gasteiger partial charge < -0.3 is 37.7 Å². The van der Waals surface area contributed by atoms with E-state index in [0.29, 0.717) is 0 Å². The van der Waals surface area contributed by atoms with Crippen LogP contribution in [0.1, 0.15) is 26.7 Å². The molecule has 0 radical (unpaired) electrons. The molecule has 4 aliphatic carbocycles. The van der Waals surface area contributed by atoms with Crippen LogP contribution in [0.25, 0.3) is 0 Å². The summed E-state index contributed by atoms with van der Waals surface area (Å²) in [6, 6.07) is 21.7. The first-order chi connectivity index (χ1) is 16.6. The number of allylic oxidation sites excluding steroid dienone is 8. The van der Waals surface area contributed by atoms with Crippen molar-refractivity contribution in [3.8, 4) is 0 Å². The van der Waals surface area contributed by atoms with Gasteiger partial charge in [-0.3, -0.25) is 0 Å². The van der Waals surface area contributed by atoms with Crippen LogP contribution in [0.5, 0.6) is 0 Å². The van der Waals surface area contributed by atoms with Gasteiger partial charge in [0.1, 0.15) is 0 Å². The summed E-state index contributed by atoms with van der Waals surface area (Å²) in [6.07, 6.45) is 25.6. The van der Waals surface area contributed by atoms with Gasteiger partial charge in [0.2, 0.25) is 0 Å². The minimum absolute atomic E-state index is 0. The van der Waals surface area contributed by atoms with Crippen molar-refractivity contribution in [2.45, 2.75) is 26.7 Å². The van der Waals surface area contributed by atoms with Crippen molar-refractivity contribution in [2.75, 3.05) is 0 Å². The summed E-state index contributed by atoms with van der Waals surface area (Å²) in [4.78, 5) is 0. The van der Waals surface area contributed by atoms with Crippen LogP contribution >= 0.6 is 0 Å². The first-order valence-corrected chi connectivity index (χ1v) is 17.9. The van der Waals surface area contributed by atoms with Crippen LogP contribution in [-0.2, 0) is 23.3 Å². The van der Waals surface area contributed by atoms with Gasteiger partial charge in [-0.25, -0.2) is 0 Å². The van der Waals surface area contributed by atoms with Gasteiger partial charge in [0.15, 0.2) is 0 Å². The Labute approximate surface area is 246 Å². The van der Waals surface area contributed by atoms with Gasteiger partial charge >= 0.3 is 99.8 Å². The molecule has 4 aliphatic rings. The number of hydrogen-bond acceptors (Lipinski definition) is 0. The van der Waals surface area contributed by atoms with E-state index in [0.717, 1.165) is 35.5 Å². The molecule has 6 unspecified atom stereocenters. The zero-order chi connectivity index (χ0) is 23.8. The zero-order valence-corrected chi connectivity index (χ0v) is 26.2. The molecule has 0 N–H and O–H groups in total. The third-order valence-corrected chi connectivity index (χ3v) is 13.2. The molecule has 2 aromatic rings. The van der Waals surface area contributed by atoms with Gasteiger partial charge in [-0.15, -0.1) is 24.0 Å². The van der Waals surface area contributed by atoms with Gasteiger partial charge in [0, 0.05) is 0 Å². The van der Waals surface area contributed by atoms with E-state index >= 15 is 0 Å².